The molecule has 3 aliphatic rings. The van der Waals surface area contributed by atoms with Crippen molar-refractivity contribution < 1.29 is 14.3 Å². The van der Waals surface area contributed by atoms with E-state index >= 15 is 0 Å². The quantitative estimate of drug-likeness (QED) is 0.692. The summed E-state index contributed by atoms with van der Waals surface area (Å²) >= 11 is 0. The molecule has 1 unspecified atom stereocenters. The van der Waals surface area contributed by atoms with Gasteiger partial charge >= 0.3 is 6.03 Å². The summed E-state index contributed by atoms with van der Waals surface area (Å²) in [6.45, 7) is 8.23. The number of fused-ring (bicyclic) bond motifs is 1. The molecule has 8 nitrogen and oxygen atoms in total. The minimum Gasteiger partial charge on any atom is -0.492 e. The van der Waals surface area contributed by atoms with Gasteiger partial charge in [-0.2, -0.15) is 5.10 Å². The van der Waals surface area contributed by atoms with Crippen molar-refractivity contribution in [3.63, 3.8) is 0 Å². The number of likely N-dealkylation sites (N-methyl/N-ethyl adjacent to an activating group) is 1. The number of hydrogen-bond acceptors (Lipinski definition) is 6. The molecule has 0 radical (unpaired) electrons. The van der Waals surface area contributed by atoms with Gasteiger partial charge in [0.25, 0.3) is 5.91 Å². The van der Waals surface area contributed by atoms with Crippen LogP contribution in [0, 0.1) is 6.92 Å². The van der Waals surface area contributed by atoms with Gasteiger partial charge < -0.3 is 9.64 Å². The number of ether oxygens (including phenoxy) is 1. The summed E-state index contributed by atoms with van der Waals surface area (Å²) in [4.78, 5) is 32.1. The fraction of sp³-hybridized carbons (Fsp3) is 0.591. The SMILES string of the molecule is CCCC(N1CCN(C)CC1)N1C(=O)CN(/N=C2\CCOc3ccc(C)cc32)C1=O. The van der Waals surface area contributed by atoms with Gasteiger partial charge in [-0.25, -0.2) is 14.7 Å². The molecule has 3 aliphatic heterocycles. The number of aryl methyl sites for hydroxylation is 1. The number of rotatable bonds is 5. The summed E-state index contributed by atoms with van der Waals surface area (Å²) in [5.41, 5.74) is 2.81. The van der Waals surface area contributed by atoms with Gasteiger partial charge in [-0.1, -0.05) is 25.0 Å². The van der Waals surface area contributed by atoms with Crippen LogP contribution >= 0.6 is 0 Å². The number of hydrogen-bond donors (Lipinski definition) is 0. The van der Waals surface area contributed by atoms with Gasteiger partial charge in [0.15, 0.2) is 0 Å². The molecular formula is C22H31N5O3. The predicted molar refractivity (Wildman–Crippen MR) is 115 cm³/mol. The van der Waals surface area contributed by atoms with E-state index in [-0.39, 0.29) is 24.6 Å². The zero-order valence-electron chi connectivity index (χ0n) is 18.1. The minimum atomic E-state index is -0.314. The Balaban J connectivity index is 1.57. The number of piperazine rings is 1. The molecule has 1 atom stereocenters. The second kappa shape index (κ2) is 8.73. The maximum Gasteiger partial charge on any atom is 0.349 e. The Bertz CT molecular complexity index is 847. The van der Waals surface area contributed by atoms with Crippen molar-refractivity contribution in [2.75, 3.05) is 46.4 Å². The van der Waals surface area contributed by atoms with E-state index in [1.807, 2.05) is 25.1 Å². The smallest absolute Gasteiger partial charge is 0.349 e. The van der Waals surface area contributed by atoms with Gasteiger partial charge in [-0.15, -0.1) is 0 Å². The third-order valence-electron chi connectivity index (χ3n) is 6.07. The molecule has 2 fully saturated rings. The number of imide groups is 1. The lowest BCUT2D eigenvalue weighted by Gasteiger charge is -2.40. The Hall–Kier alpha value is -2.45. The van der Waals surface area contributed by atoms with Crippen LogP contribution in [-0.4, -0.2) is 89.9 Å². The lowest BCUT2D eigenvalue weighted by atomic mass is 10.0. The van der Waals surface area contributed by atoms with E-state index in [0.717, 1.165) is 61.6 Å². The molecule has 8 heteroatoms. The molecule has 162 valence electrons. The molecule has 3 amide bonds. The average molecular weight is 414 g/mol. The van der Waals surface area contributed by atoms with Gasteiger partial charge in [0, 0.05) is 38.2 Å². The number of nitrogens with zero attached hydrogens (tertiary/aromatic N) is 5. The summed E-state index contributed by atoms with van der Waals surface area (Å²) in [6.07, 6.45) is 2.11. The molecule has 2 saturated heterocycles. The monoisotopic (exact) mass is 413 g/mol. The highest BCUT2D eigenvalue weighted by Gasteiger charge is 2.43. The van der Waals surface area contributed by atoms with Crippen molar-refractivity contribution >= 4 is 17.6 Å². The third-order valence-corrected chi connectivity index (χ3v) is 6.07. The van der Waals surface area contributed by atoms with E-state index in [0.29, 0.717) is 13.0 Å². The fourth-order valence-electron chi connectivity index (χ4n) is 4.37. The first-order valence-electron chi connectivity index (χ1n) is 10.9. The summed E-state index contributed by atoms with van der Waals surface area (Å²) in [5, 5.41) is 5.97. The molecule has 0 N–H and O–H groups in total. The van der Waals surface area contributed by atoms with Crippen LogP contribution in [0.5, 0.6) is 5.75 Å². The van der Waals surface area contributed by atoms with Crippen LogP contribution < -0.4 is 4.74 Å². The molecule has 3 heterocycles. The van der Waals surface area contributed by atoms with Crippen LogP contribution in [0.1, 0.15) is 37.3 Å². The number of benzene rings is 1. The van der Waals surface area contributed by atoms with E-state index < -0.39 is 0 Å². The standard InChI is InChI=1S/C22H31N5O3/c1-4-5-20(25-11-9-24(3)10-12-25)27-21(28)15-26(22(27)29)23-18-8-13-30-19-7-6-16(2)14-17(18)19/h6-7,14,20H,4-5,8-13,15H2,1-3H3/b23-18+. The Morgan fingerprint density at radius 1 is 1.17 bits per heavy atom. The van der Waals surface area contributed by atoms with E-state index in [4.69, 9.17) is 4.74 Å². The van der Waals surface area contributed by atoms with E-state index in [9.17, 15) is 9.59 Å². The minimum absolute atomic E-state index is 0.00169. The second-order valence-corrected chi connectivity index (χ2v) is 8.36. The molecule has 0 saturated carbocycles. The Labute approximate surface area is 178 Å². The van der Waals surface area contributed by atoms with Gasteiger partial charge in [0.05, 0.1) is 18.5 Å². The maximum absolute atomic E-state index is 13.2. The number of hydrazone groups is 1. The first kappa shape index (κ1) is 20.8. The first-order chi connectivity index (χ1) is 14.5. The number of carbonyl (C=O) groups excluding carboxylic acids is 2. The molecule has 0 bridgehead atoms. The Morgan fingerprint density at radius 2 is 1.93 bits per heavy atom. The number of urea groups is 1. The van der Waals surface area contributed by atoms with Crippen LogP contribution in [0.15, 0.2) is 23.3 Å². The van der Waals surface area contributed by atoms with E-state index in [2.05, 4.69) is 28.9 Å². The molecule has 0 aliphatic carbocycles. The van der Waals surface area contributed by atoms with Crippen molar-refractivity contribution in [1.29, 1.82) is 0 Å². The summed E-state index contributed by atoms with van der Waals surface area (Å²) < 4.78 is 5.73. The molecular weight excluding hydrogens is 382 g/mol. The Morgan fingerprint density at radius 3 is 2.67 bits per heavy atom. The second-order valence-electron chi connectivity index (χ2n) is 8.36. The normalized spacial score (nSPS) is 23.1. The lowest BCUT2D eigenvalue weighted by molar-refractivity contribution is -0.130. The Kier molecular flexibility index (Phi) is 6.06. The van der Waals surface area contributed by atoms with Crippen LogP contribution in [0.25, 0.3) is 0 Å². The van der Waals surface area contributed by atoms with Crippen molar-refractivity contribution in [1.82, 2.24) is 19.7 Å². The summed E-state index contributed by atoms with van der Waals surface area (Å²) in [7, 11) is 2.10. The van der Waals surface area contributed by atoms with E-state index in [1.54, 1.807) is 0 Å². The largest absolute Gasteiger partial charge is 0.492 e. The zero-order valence-corrected chi connectivity index (χ0v) is 18.1. The number of amides is 3. The van der Waals surface area contributed by atoms with Crippen molar-refractivity contribution in [3.05, 3.63) is 29.3 Å². The number of carbonyl (C=O) groups is 2. The topological polar surface area (TPSA) is 68.7 Å². The fourth-order valence-corrected chi connectivity index (χ4v) is 4.37. The molecule has 0 aromatic heterocycles. The molecule has 4 rings (SSSR count). The maximum atomic E-state index is 13.2. The van der Waals surface area contributed by atoms with Gasteiger partial charge in [0.1, 0.15) is 12.3 Å². The van der Waals surface area contributed by atoms with Crippen molar-refractivity contribution in [2.24, 2.45) is 5.10 Å². The highest BCUT2D eigenvalue weighted by atomic mass is 16.5. The average Bonchev–Trinajstić information content (AvgIpc) is 3.00. The zero-order chi connectivity index (χ0) is 21.3. The van der Waals surface area contributed by atoms with Crippen LogP contribution in [0.4, 0.5) is 4.79 Å². The van der Waals surface area contributed by atoms with Crippen molar-refractivity contribution in [3.8, 4) is 5.75 Å². The highest BCUT2D eigenvalue weighted by Crippen LogP contribution is 2.28. The van der Waals surface area contributed by atoms with Gasteiger partial charge in [-0.3, -0.25) is 9.69 Å². The first-order valence-corrected chi connectivity index (χ1v) is 10.9. The van der Waals surface area contributed by atoms with E-state index in [1.165, 1.54) is 9.91 Å². The van der Waals surface area contributed by atoms with Crippen LogP contribution in [-0.2, 0) is 4.79 Å². The molecule has 30 heavy (non-hydrogen) atoms. The van der Waals surface area contributed by atoms with Gasteiger partial charge in [0.2, 0.25) is 0 Å². The van der Waals surface area contributed by atoms with Gasteiger partial charge in [-0.05, 0) is 32.5 Å². The molecule has 0 spiro atoms. The molecule has 1 aromatic carbocycles. The summed E-state index contributed by atoms with van der Waals surface area (Å²) in [6, 6.07) is 5.65. The van der Waals surface area contributed by atoms with Crippen LogP contribution in [0.2, 0.25) is 0 Å². The van der Waals surface area contributed by atoms with Crippen molar-refractivity contribution in [2.45, 2.75) is 39.3 Å². The molecule has 1 aromatic rings. The lowest BCUT2D eigenvalue weighted by Crippen LogP contribution is -2.56. The van der Waals surface area contributed by atoms with Crippen LogP contribution in [0.3, 0.4) is 0 Å². The summed E-state index contributed by atoms with van der Waals surface area (Å²) in [5.74, 6) is 0.611. The third kappa shape index (κ3) is 4.06. The predicted octanol–water partition coefficient (Wildman–Crippen LogP) is 2.12. The highest BCUT2D eigenvalue weighted by molar-refractivity contribution is 6.06.